The summed E-state index contributed by atoms with van der Waals surface area (Å²) in [6, 6.07) is 1.06. The van der Waals surface area contributed by atoms with Crippen molar-refractivity contribution in [2.75, 3.05) is 36.4 Å². The Hall–Kier alpha value is -3.88. The minimum atomic E-state index is -2.88. The Bertz CT molecular complexity index is 1400. The van der Waals surface area contributed by atoms with Crippen LogP contribution in [0.25, 0.3) is 5.65 Å². The van der Waals surface area contributed by atoms with Gasteiger partial charge in [-0.1, -0.05) is 0 Å². The third kappa shape index (κ3) is 6.72. The SMILES string of the molecule is CC(C)(C)OC(=O)N[C@@H]1C[C@@H](F)CN(c2ccn3ncc(C(=O)Nc4cn(C5CCNCC5)nc4C(F)F)c3n2)C1. The predicted octanol–water partition coefficient (Wildman–Crippen LogP) is 3.48. The largest absolute Gasteiger partial charge is 0.444 e. The van der Waals surface area contributed by atoms with Crippen LogP contribution in [0.15, 0.2) is 24.7 Å². The van der Waals surface area contributed by atoms with Crippen molar-refractivity contribution in [3.8, 4) is 0 Å². The molecule has 2 saturated heterocycles. The van der Waals surface area contributed by atoms with Crippen molar-refractivity contribution >= 4 is 29.2 Å². The first-order valence-electron chi connectivity index (χ1n) is 13.6. The number of hydrogen-bond acceptors (Lipinski definition) is 8. The summed E-state index contributed by atoms with van der Waals surface area (Å²) in [5.74, 6) is -0.305. The molecule has 3 aromatic rings. The van der Waals surface area contributed by atoms with Gasteiger partial charge in [0.05, 0.1) is 30.5 Å². The number of nitrogens with zero attached hydrogens (tertiary/aromatic N) is 6. The van der Waals surface area contributed by atoms with E-state index >= 15 is 0 Å². The maximum atomic E-state index is 14.7. The van der Waals surface area contributed by atoms with E-state index in [1.165, 1.54) is 21.6 Å². The molecule has 3 N–H and O–H groups in total. The zero-order chi connectivity index (χ0) is 29.3. The van der Waals surface area contributed by atoms with Crippen LogP contribution in [0.2, 0.25) is 0 Å². The molecule has 15 heteroatoms. The lowest BCUT2D eigenvalue weighted by Crippen LogP contribution is -2.52. The summed E-state index contributed by atoms with van der Waals surface area (Å²) in [5, 5.41) is 16.7. The first kappa shape index (κ1) is 28.6. The Balaban J connectivity index is 1.34. The molecule has 5 rings (SSSR count). The number of carbonyl (C=O) groups is 2. The van der Waals surface area contributed by atoms with Gasteiger partial charge in [0.25, 0.3) is 12.3 Å². The molecule has 5 heterocycles. The van der Waals surface area contributed by atoms with Crippen LogP contribution in [0, 0.1) is 0 Å². The van der Waals surface area contributed by atoms with Gasteiger partial charge in [-0.05, 0) is 52.8 Å². The molecule has 0 radical (unpaired) electrons. The fourth-order valence-corrected chi connectivity index (χ4v) is 5.11. The molecule has 0 aromatic carbocycles. The van der Waals surface area contributed by atoms with Crippen molar-refractivity contribution in [2.45, 2.75) is 70.3 Å². The predicted molar refractivity (Wildman–Crippen MR) is 144 cm³/mol. The molecule has 3 aromatic heterocycles. The van der Waals surface area contributed by atoms with Crippen LogP contribution < -0.4 is 20.9 Å². The van der Waals surface area contributed by atoms with Crippen LogP contribution in [0.4, 0.5) is 29.5 Å². The van der Waals surface area contributed by atoms with Gasteiger partial charge in [0.1, 0.15) is 23.2 Å². The molecule has 12 nitrogen and oxygen atoms in total. The molecule has 0 saturated carbocycles. The fourth-order valence-electron chi connectivity index (χ4n) is 5.11. The number of ether oxygens (including phenoxy) is 1. The Labute approximate surface area is 234 Å². The molecule has 41 heavy (non-hydrogen) atoms. The number of alkyl carbamates (subject to hydrolysis) is 1. The zero-order valence-electron chi connectivity index (χ0n) is 23.1. The third-order valence-electron chi connectivity index (χ3n) is 6.94. The Kier molecular flexibility index (Phi) is 8.07. The minimum absolute atomic E-state index is 0.0406. The highest BCUT2D eigenvalue weighted by molar-refractivity contribution is 6.08. The van der Waals surface area contributed by atoms with E-state index in [0.717, 1.165) is 25.9 Å². The highest BCUT2D eigenvalue weighted by Crippen LogP contribution is 2.30. The van der Waals surface area contributed by atoms with Crippen molar-refractivity contribution in [3.05, 3.63) is 35.9 Å². The van der Waals surface area contributed by atoms with Crippen molar-refractivity contribution < 1.29 is 27.5 Å². The van der Waals surface area contributed by atoms with Crippen LogP contribution in [0.1, 0.15) is 68.6 Å². The fraction of sp³-hybridized carbons (Fsp3) is 0.577. The van der Waals surface area contributed by atoms with Gasteiger partial charge in [0.2, 0.25) is 0 Å². The van der Waals surface area contributed by atoms with Crippen molar-refractivity contribution in [3.63, 3.8) is 0 Å². The van der Waals surface area contributed by atoms with E-state index in [9.17, 15) is 22.8 Å². The zero-order valence-corrected chi connectivity index (χ0v) is 23.1. The van der Waals surface area contributed by atoms with Gasteiger partial charge in [0.15, 0.2) is 11.3 Å². The number of alkyl halides is 3. The third-order valence-corrected chi connectivity index (χ3v) is 6.94. The quantitative estimate of drug-likeness (QED) is 0.406. The molecule has 0 bridgehead atoms. The van der Waals surface area contributed by atoms with Crippen molar-refractivity contribution in [1.82, 2.24) is 35.0 Å². The number of hydrogen-bond donors (Lipinski definition) is 3. The average Bonchev–Trinajstić information content (AvgIpc) is 3.52. The summed E-state index contributed by atoms with van der Waals surface area (Å²) in [7, 11) is 0. The number of anilines is 2. The highest BCUT2D eigenvalue weighted by atomic mass is 19.3. The van der Waals surface area contributed by atoms with Gasteiger partial charge < -0.3 is 25.6 Å². The monoisotopic (exact) mass is 577 g/mol. The van der Waals surface area contributed by atoms with E-state index in [0.29, 0.717) is 5.82 Å². The van der Waals surface area contributed by atoms with Crippen LogP contribution >= 0.6 is 0 Å². The van der Waals surface area contributed by atoms with Gasteiger partial charge in [0, 0.05) is 25.4 Å². The minimum Gasteiger partial charge on any atom is -0.444 e. The average molecular weight is 578 g/mol. The molecule has 2 atom stereocenters. The molecular weight excluding hydrogens is 543 g/mol. The van der Waals surface area contributed by atoms with E-state index < -0.39 is 41.9 Å². The van der Waals surface area contributed by atoms with E-state index in [1.807, 2.05) is 0 Å². The second-order valence-electron chi connectivity index (χ2n) is 11.3. The van der Waals surface area contributed by atoms with E-state index in [-0.39, 0.29) is 42.5 Å². The van der Waals surface area contributed by atoms with E-state index in [4.69, 9.17) is 4.74 Å². The van der Waals surface area contributed by atoms with Crippen LogP contribution in [0.3, 0.4) is 0 Å². The summed E-state index contributed by atoms with van der Waals surface area (Å²) in [6.07, 6.45) is 1.15. The number of amides is 2. The Morgan fingerprint density at radius 3 is 2.66 bits per heavy atom. The second kappa shape index (κ2) is 11.5. The maximum Gasteiger partial charge on any atom is 0.407 e. The smallest absolute Gasteiger partial charge is 0.407 e. The Morgan fingerprint density at radius 1 is 1.20 bits per heavy atom. The molecule has 0 aliphatic carbocycles. The lowest BCUT2D eigenvalue weighted by Gasteiger charge is -2.36. The number of halogens is 3. The molecule has 2 fully saturated rings. The van der Waals surface area contributed by atoms with Crippen molar-refractivity contribution in [2.24, 2.45) is 0 Å². The normalized spacial score (nSPS) is 20.4. The van der Waals surface area contributed by atoms with Crippen molar-refractivity contribution in [1.29, 1.82) is 0 Å². The van der Waals surface area contributed by atoms with E-state index in [2.05, 4.69) is 31.1 Å². The Morgan fingerprint density at radius 2 is 1.95 bits per heavy atom. The van der Waals surface area contributed by atoms with Gasteiger partial charge >= 0.3 is 6.09 Å². The standard InChI is InChI=1S/C26H34F3N9O3/c1-26(2,3)41-25(40)32-16-10-15(27)12-36(13-16)20-6-9-37-23(34-20)18(11-31-37)24(39)33-19-14-38(35-21(19)22(28)29)17-4-7-30-8-5-17/h6,9,11,14-17,22,30H,4-5,7-8,10,12-13H2,1-3H3,(H,32,40)(H,33,39)/t15-,16-/m1/s1. The topological polar surface area (TPSA) is 131 Å². The first-order valence-corrected chi connectivity index (χ1v) is 13.6. The highest BCUT2D eigenvalue weighted by Gasteiger charge is 2.31. The number of piperidine rings is 2. The van der Waals surface area contributed by atoms with Gasteiger partial charge in [-0.3, -0.25) is 9.48 Å². The van der Waals surface area contributed by atoms with Gasteiger partial charge in [-0.25, -0.2) is 27.5 Å². The molecule has 0 unspecified atom stereocenters. The summed E-state index contributed by atoms with van der Waals surface area (Å²) in [4.78, 5) is 31.7. The van der Waals surface area contributed by atoms with Crippen LogP contribution in [-0.2, 0) is 4.74 Å². The van der Waals surface area contributed by atoms with Gasteiger partial charge in [-0.2, -0.15) is 10.2 Å². The first-order chi connectivity index (χ1) is 19.5. The van der Waals surface area contributed by atoms with Crippen LogP contribution in [-0.4, -0.2) is 80.4 Å². The van der Waals surface area contributed by atoms with Gasteiger partial charge in [-0.15, -0.1) is 0 Å². The number of rotatable bonds is 6. The number of carbonyl (C=O) groups excluding carboxylic acids is 2. The molecule has 2 amide bonds. The maximum absolute atomic E-state index is 14.7. The molecular formula is C26H34F3N9O3. The summed E-state index contributed by atoms with van der Waals surface area (Å²) in [5.41, 5.74) is -1.05. The summed E-state index contributed by atoms with van der Waals surface area (Å²) >= 11 is 0. The summed E-state index contributed by atoms with van der Waals surface area (Å²) in [6.45, 7) is 7.04. The van der Waals surface area contributed by atoms with E-state index in [1.54, 1.807) is 37.9 Å². The van der Waals surface area contributed by atoms with Crippen LogP contribution in [0.5, 0.6) is 0 Å². The summed E-state index contributed by atoms with van der Waals surface area (Å²) < 4.78 is 50.4. The second-order valence-corrected chi connectivity index (χ2v) is 11.3. The molecule has 0 spiro atoms. The number of nitrogens with one attached hydrogen (secondary N) is 3. The molecule has 2 aliphatic rings. The molecule has 2 aliphatic heterocycles. The number of fused-ring (bicyclic) bond motifs is 1. The molecule has 222 valence electrons. The lowest BCUT2D eigenvalue weighted by molar-refractivity contribution is 0.0490. The number of aromatic nitrogens is 5. The lowest BCUT2D eigenvalue weighted by atomic mass is 10.0.